The van der Waals surface area contributed by atoms with Crippen LogP contribution in [0.2, 0.25) is 0 Å². The van der Waals surface area contributed by atoms with Gasteiger partial charge in [0.05, 0.1) is 28.8 Å². The zero-order chi connectivity index (χ0) is 11.8. The summed E-state index contributed by atoms with van der Waals surface area (Å²) in [7, 11) is 0. The largest absolute Gasteiger partial charge is 0.329 e. The Morgan fingerprint density at radius 3 is 3.06 bits per heavy atom. The highest BCUT2D eigenvalue weighted by molar-refractivity contribution is 6.02. The van der Waals surface area contributed by atoms with E-state index in [1.807, 2.05) is 6.07 Å². The third kappa shape index (κ3) is 1.34. The van der Waals surface area contributed by atoms with Gasteiger partial charge in [0.15, 0.2) is 0 Å². The molecule has 0 fully saturated rings. The summed E-state index contributed by atoms with van der Waals surface area (Å²) in [4.78, 5) is 16.3. The van der Waals surface area contributed by atoms with Crippen LogP contribution < -0.4 is 11.3 Å². The molecule has 0 unspecified atom stereocenters. The van der Waals surface area contributed by atoms with Crippen molar-refractivity contribution in [3.8, 4) is 0 Å². The summed E-state index contributed by atoms with van der Waals surface area (Å²) in [5.41, 5.74) is 6.98. The van der Waals surface area contributed by atoms with Crippen LogP contribution in [0.5, 0.6) is 0 Å². The Morgan fingerprint density at radius 1 is 1.35 bits per heavy atom. The van der Waals surface area contributed by atoms with E-state index < -0.39 is 0 Å². The molecule has 3 heterocycles. The smallest absolute Gasteiger partial charge is 0.262 e. The molecule has 86 valence electrons. The number of nitrogens with two attached hydrogens (primary N) is 1. The Morgan fingerprint density at radius 2 is 2.24 bits per heavy atom. The number of nitrogens with zero attached hydrogens (tertiary/aromatic N) is 3. The van der Waals surface area contributed by atoms with E-state index in [0.29, 0.717) is 18.5 Å². The van der Waals surface area contributed by atoms with Crippen LogP contribution in [0, 0.1) is 0 Å². The van der Waals surface area contributed by atoms with Gasteiger partial charge in [-0.3, -0.25) is 14.9 Å². The maximum absolute atomic E-state index is 12.2. The molecule has 17 heavy (non-hydrogen) atoms. The van der Waals surface area contributed by atoms with Crippen molar-refractivity contribution in [3.05, 3.63) is 35.0 Å². The van der Waals surface area contributed by atoms with Crippen molar-refractivity contribution < 1.29 is 0 Å². The van der Waals surface area contributed by atoms with E-state index in [-0.39, 0.29) is 5.56 Å². The van der Waals surface area contributed by atoms with Gasteiger partial charge >= 0.3 is 0 Å². The van der Waals surface area contributed by atoms with Crippen LogP contribution in [0.1, 0.15) is 0 Å². The van der Waals surface area contributed by atoms with Gasteiger partial charge in [-0.05, 0) is 6.07 Å². The summed E-state index contributed by atoms with van der Waals surface area (Å²) >= 11 is 0. The lowest BCUT2D eigenvalue weighted by Crippen LogP contribution is -2.24. The van der Waals surface area contributed by atoms with Gasteiger partial charge in [0.2, 0.25) is 0 Å². The average Bonchev–Trinajstić information content (AvgIpc) is 2.84. The first-order valence-electron chi connectivity index (χ1n) is 5.32. The molecular formula is C11H11N5O. The zero-order valence-electron chi connectivity index (χ0n) is 9.05. The molecule has 6 nitrogen and oxygen atoms in total. The fourth-order valence-corrected chi connectivity index (χ4v) is 2.07. The minimum Gasteiger partial charge on any atom is -0.329 e. The van der Waals surface area contributed by atoms with Gasteiger partial charge in [0.1, 0.15) is 0 Å². The molecule has 6 heteroatoms. The second-order valence-electron chi connectivity index (χ2n) is 3.80. The molecule has 0 spiro atoms. The molecule has 0 radical (unpaired) electrons. The second kappa shape index (κ2) is 3.67. The molecule has 0 atom stereocenters. The van der Waals surface area contributed by atoms with Crippen molar-refractivity contribution in [1.82, 2.24) is 19.7 Å². The highest BCUT2D eigenvalue weighted by atomic mass is 16.1. The predicted octanol–water partition coefficient (Wildman–Crippen LogP) is 0.231. The van der Waals surface area contributed by atoms with E-state index in [9.17, 15) is 4.79 Å². The lowest BCUT2D eigenvalue weighted by atomic mass is 10.2. The van der Waals surface area contributed by atoms with Crippen LogP contribution in [0.15, 0.2) is 29.5 Å². The van der Waals surface area contributed by atoms with Gasteiger partial charge in [-0.2, -0.15) is 5.10 Å². The topological polar surface area (TPSA) is 89.6 Å². The van der Waals surface area contributed by atoms with E-state index in [2.05, 4.69) is 15.2 Å². The quantitative estimate of drug-likeness (QED) is 0.658. The maximum Gasteiger partial charge on any atom is 0.262 e. The van der Waals surface area contributed by atoms with E-state index in [1.165, 1.54) is 0 Å². The molecule has 0 bridgehead atoms. The Balaban J connectivity index is 2.57. The molecule has 0 amide bonds. The first-order valence-corrected chi connectivity index (χ1v) is 5.32. The monoisotopic (exact) mass is 229 g/mol. The predicted molar refractivity (Wildman–Crippen MR) is 64.7 cm³/mol. The lowest BCUT2D eigenvalue weighted by molar-refractivity contribution is 0.711. The van der Waals surface area contributed by atoms with Crippen LogP contribution in [0.25, 0.3) is 21.8 Å². The molecule has 0 aromatic carbocycles. The van der Waals surface area contributed by atoms with Crippen LogP contribution in [-0.4, -0.2) is 26.3 Å². The number of pyridine rings is 2. The van der Waals surface area contributed by atoms with Crippen molar-refractivity contribution in [2.75, 3.05) is 6.54 Å². The van der Waals surface area contributed by atoms with Gasteiger partial charge in [0, 0.05) is 24.7 Å². The van der Waals surface area contributed by atoms with Crippen molar-refractivity contribution in [3.63, 3.8) is 0 Å². The summed E-state index contributed by atoms with van der Waals surface area (Å²) in [6.07, 6.45) is 4.91. The molecule has 3 N–H and O–H groups in total. The number of fused-ring (bicyclic) bond motifs is 3. The summed E-state index contributed by atoms with van der Waals surface area (Å²) < 4.78 is 1.64. The molecular weight excluding hydrogens is 218 g/mol. The summed E-state index contributed by atoms with van der Waals surface area (Å²) in [6.45, 7) is 0.884. The number of hydrogen-bond acceptors (Lipinski definition) is 4. The van der Waals surface area contributed by atoms with Crippen molar-refractivity contribution >= 4 is 21.8 Å². The van der Waals surface area contributed by atoms with Crippen LogP contribution in [-0.2, 0) is 6.54 Å². The summed E-state index contributed by atoms with van der Waals surface area (Å²) in [5, 5.41) is 8.29. The molecule has 0 aliphatic carbocycles. The number of aromatic nitrogens is 4. The molecule has 3 aromatic heterocycles. The van der Waals surface area contributed by atoms with Crippen LogP contribution >= 0.6 is 0 Å². The normalized spacial score (nSPS) is 11.4. The average molecular weight is 229 g/mol. The third-order valence-electron chi connectivity index (χ3n) is 2.83. The van der Waals surface area contributed by atoms with Gasteiger partial charge < -0.3 is 10.3 Å². The molecule has 0 aliphatic rings. The fraction of sp³-hybridized carbons (Fsp3) is 0.182. The zero-order valence-corrected chi connectivity index (χ0v) is 9.05. The van der Waals surface area contributed by atoms with Crippen molar-refractivity contribution in [2.24, 2.45) is 5.73 Å². The molecule has 3 aromatic rings. The number of aromatic amines is 1. The number of nitrogens with one attached hydrogen (secondary N) is 1. The van der Waals surface area contributed by atoms with E-state index in [4.69, 9.17) is 5.73 Å². The Labute approximate surface area is 96.1 Å². The van der Waals surface area contributed by atoms with Gasteiger partial charge in [-0.1, -0.05) is 0 Å². The first-order chi connectivity index (χ1) is 8.33. The minimum atomic E-state index is -0.0836. The van der Waals surface area contributed by atoms with E-state index in [0.717, 1.165) is 16.4 Å². The minimum absolute atomic E-state index is 0.0836. The summed E-state index contributed by atoms with van der Waals surface area (Å²) in [5.74, 6) is 0. The third-order valence-corrected chi connectivity index (χ3v) is 2.83. The van der Waals surface area contributed by atoms with Gasteiger partial charge in [-0.15, -0.1) is 0 Å². The first kappa shape index (κ1) is 9.98. The number of rotatable bonds is 2. The molecule has 0 saturated carbocycles. The molecule has 3 rings (SSSR count). The highest BCUT2D eigenvalue weighted by Gasteiger charge is 2.11. The van der Waals surface area contributed by atoms with E-state index in [1.54, 1.807) is 23.2 Å². The molecule has 0 saturated heterocycles. The highest BCUT2D eigenvalue weighted by Crippen LogP contribution is 2.19. The summed E-state index contributed by atoms with van der Waals surface area (Å²) in [6, 6.07) is 1.86. The van der Waals surface area contributed by atoms with Crippen molar-refractivity contribution in [2.45, 2.75) is 6.54 Å². The second-order valence-corrected chi connectivity index (χ2v) is 3.80. The Hall–Kier alpha value is -2.21. The fourth-order valence-electron chi connectivity index (χ4n) is 2.07. The standard InChI is InChI=1S/C11H11N5O/c12-2-4-16-9-6-13-3-1-7(9)10-8(11(16)17)5-14-15-10/h1,3,5-6H,2,4,12H2,(H,14,15). The van der Waals surface area contributed by atoms with Gasteiger partial charge in [-0.25, -0.2) is 0 Å². The number of hydrogen-bond donors (Lipinski definition) is 2. The van der Waals surface area contributed by atoms with Crippen LogP contribution in [0.4, 0.5) is 0 Å². The van der Waals surface area contributed by atoms with Crippen LogP contribution in [0.3, 0.4) is 0 Å². The van der Waals surface area contributed by atoms with Gasteiger partial charge in [0.25, 0.3) is 5.56 Å². The lowest BCUT2D eigenvalue weighted by Gasteiger charge is -2.08. The SMILES string of the molecule is NCCn1c(=O)c2cn[nH]c2c2ccncc21. The maximum atomic E-state index is 12.2. The van der Waals surface area contributed by atoms with E-state index >= 15 is 0 Å². The number of H-pyrrole nitrogens is 1. The Bertz CT molecular complexity index is 742. The molecule has 0 aliphatic heterocycles. The Kier molecular flexibility index (Phi) is 2.15. The van der Waals surface area contributed by atoms with Crippen molar-refractivity contribution in [1.29, 1.82) is 0 Å².